The van der Waals surface area contributed by atoms with Crippen LogP contribution < -0.4 is 20.3 Å². The molecule has 0 spiro atoms. The normalized spacial score (nSPS) is 14.2. The van der Waals surface area contributed by atoms with Gasteiger partial charge in [0.15, 0.2) is 11.5 Å². The Kier molecular flexibility index (Phi) is 7.81. The number of methoxy groups -OCH3 is 2. The van der Waals surface area contributed by atoms with Crippen molar-refractivity contribution >= 4 is 57.8 Å². The lowest BCUT2D eigenvalue weighted by molar-refractivity contribution is -0.384. The van der Waals surface area contributed by atoms with Crippen LogP contribution in [0.2, 0.25) is 0 Å². The molecule has 0 saturated carbocycles. The fourth-order valence-electron chi connectivity index (χ4n) is 2.87. The number of amides is 3. The smallest absolute Gasteiger partial charge is 0.270 e. The molecule has 1 fully saturated rings. The van der Waals surface area contributed by atoms with Crippen LogP contribution in [0.1, 0.15) is 15.9 Å². The number of nitrogens with one attached hydrogen (secondary N) is 2. The molecule has 1 aliphatic heterocycles. The zero-order chi connectivity index (χ0) is 24.8. The first-order valence-electron chi connectivity index (χ1n) is 9.54. The number of benzene rings is 2. The zero-order valence-electron chi connectivity index (χ0n) is 17.9. The largest absolute Gasteiger partial charge is 0.493 e. The van der Waals surface area contributed by atoms with E-state index in [1.807, 2.05) is 0 Å². The number of non-ortho nitro benzene ring substituents is 1. The number of carbonyl (C=O) groups excluding carboxylic acids is 3. The summed E-state index contributed by atoms with van der Waals surface area (Å²) in [5, 5.41) is 10.8. The van der Waals surface area contributed by atoms with Gasteiger partial charge in [-0.05, 0) is 29.8 Å². The first kappa shape index (κ1) is 24.7. The number of thioether (sulfide) groups is 1. The topological polar surface area (TPSA) is 140 Å². The lowest BCUT2D eigenvalue weighted by Gasteiger charge is -2.14. The van der Waals surface area contributed by atoms with Gasteiger partial charge >= 0.3 is 0 Å². The van der Waals surface area contributed by atoms with E-state index in [-0.39, 0.29) is 15.6 Å². The highest BCUT2D eigenvalue weighted by atomic mass is 32.2. The fraction of sp³-hybridized carbons (Fsp3) is 0.143. The van der Waals surface area contributed by atoms with Crippen molar-refractivity contribution in [2.45, 2.75) is 0 Å². The van der Waals surface area contributed by atoms with Crippen molar-refractivity contribution in [3.05, 3.63) is 68.6 Å². The van der Waals surface area contributed by atoms with E-state index in [1.54, 1.807) is 24.3 Å². The van der Waals surface area contributed by atoms with Crippen LogP contribution in [0, 0.1) is 10.1 Å². The third-order valence-electron chi connectivity index (χ3n) is 4.52. The van der Waals surface area contributed by atoms with Gasteiger partial charge in [0.1, 0.15) is 10.9 Å². The molecule has 3 amide bonds. The molecule has 0 atom stereocenters. The van der Waals surface area contributed by atoms with E-state index in [9.17, 15) is 24.5 Å². The number of carbonyl (C=O) groups is 3. The van der Waals surface area contributed by atoms with E-state index in [4.69, 9.17) is 21.7 Å². The van der Waals surface area contributed by atoms with Crippen LogP contribution in [-0.2, 0) is 9.59 Å². The Morgan fingerprint density at radius 2 is 1.88 bits per heavy atom. The molecule has 34 heavy (non-hydrogen) atoms. The Morgan fingerprint density at radius 1 is 1.15 bits per heavy atom. The molecule has 0 aliphatic carbocycles. The average molecular weight is 503 g/mol. The van der Waals surface area contributed by atoms with Gasteiger partial charge in [0.2, 0.25) is 0 Å². The second-order valence-corrected chi connectivity index (χ2v) is 8.37. The van der Waals surface area contributed by atoms with Gasteiger partial charge in [-0.2, -0.15) is 0 Å². The highest BCUT2D eigenvalue weighted by Gasteiger charge is 2.33. The van der Waals surface area contributed by atoms with Gasteiger partial charge in [-0.25, -0.2) is 0 Å². The van der Waals surface area contributed by atoms with Crippen molar-refractivity contribution in [2.75, 3.05) is 20.8 Å². The van der Waals surface area contributed by atoms with Gasteiger partial charge < -0.3 is 9.47 Å². The van der Waals surface area contributed by atoms with Gasteiger partial charge in [-0.1, -0.05) is 36.1 Å². The lowest BCUT2D eigenvalue weighted by Crippen LogP contribution is -2.47. The summed E-state index contributed by atoms with van der Waals surface area (Å²) < 4.78 is 10.6. The molecule has 2 aromatic carbocycles. The number of hydrazine groups is 1. The third kappa shape index (κ3) is 5.68. The fourth-order valence-corrected chi connectivity index (χ4v) is 4.13. The monoisotopic (exact) mass is 502 g/mol. The number of nitrogens with zero attached hydrogens (tertiary/aromatic N) is 2. The Bertz CT molecular complexity index is 1220. The van der Waals surface area contributed by atoms with Crippen molar-refractivity contribution in [2.24, 2.45) is 0 Å². The van der Waals surface area contributed by atoms with Crippen molar-refractivity contribution in [1.82, 2.24) is 15.8 Å². The quantitative estimate of drug-likeness (QED) is 0.252. The first-order chi connectivity index (χ1) is 16.2. The SMILES string of the molecule is COc1ccc(/C=C2\SC(=S)N(CC(=O)NNC(=O)c3cccc([N+](=O)[O-])c3)C2=O)cc1OC. The van der Waals surface area contributed by atoms with E-state index >= 15 is 0 Å². The van der Waals surface area contributed by atoms with Crippen molar-refractivity contribution in [3.63, 3.8) is 0 Å². The molecule has 1 aliphatic rings. The van der Waals surface area contributed by atoms with Crippen LogP contribution in [0.4, 0.5) is 5.69 Å². The molecule has 1 heterocycles. The zero-order valence-corrected chi connectivity index (χ0v) is 19.5. The molecule has 3 rings (SSSR count). The van der Waals surface area contributed by atoms with Gasteiger partial charge in [-0.3, -0.25) is 40.2 Å². The number of nitro benzene ring substituents is 1. The molecule has 2 aromatic rings. The summed E-state index contributed by atoms with van der Waals surface area (Å²) in [6.07, 6.45) is 1.61. The number of hydrogen-bond donors (Lipinski definition) is 2. The van der Waals surface area contributed by atoms with Crippen LogP contribution in [0.5, 0.6) is 11.5 Å². The Hall–Kier alpha value is -3.97. The van der Waals surface area contributed by atoms with Crippen LogP contribution in [0.3, 0.4) is 0 Å². The molecule has 1 saturated heterocycles. The molecule has 0 aromatic heterocycles. The maximum Gasteiger partial charge on any atom is 0.270 e. The second kappa shape index (κ2) is 10.8. The predicted octanol–water partition coefficient (Wildman–Crippen LogP) is 2.27. The minimum Gasteiger partial charge on any atom is -0.493 e. The summed E-state index contributed by atoms with van der Waals surface area (Å²) in [5.74, 6) is -0.898. The number of ether oxygens (including phenoxy) is 2. The van der Waals surface area contributed by atoms with Gasteiger partial charge in [-0.15, -0.1) is 0 Å². The Balaban J connectivity index is 1.62. The molecule has 13 heteroatoms. The van der Waals surface area contributed by atoms with Crippen LogP contribution >= 0.6 is 24.0 Å². The Labute approximate surface area is 203 Å². The average Bonchev–Trinajstić information content (AvgIpc) is 3.09. The molecule has 11 nitrogen and oxygen atoms in total. The van der Waals surface area contributed by atoms with Gasteiger partial charge in [0.25, 0.3) is 23.4 Å². The summed E-state index contributed by atoms with van der Waals surface area (Å²) in [6.45, 7) is -0.427. The number of nitro groups is 1. The number of thiocarbonyl (C=S) groups is 1. The lowest BCUT2D eigenvalue weighted by atomic mass is 10.2. The maximum atomic E-state index is 12.8. The van der Waals surface area contributed by atoms with Gasteiger partial charge in [0.05, 0.1) is 24.0 Å². The minimum absolute atomic E-state index is 0.0158. The van der Waals surface area contributed by atoms with E-state index < -0.39 is 29.2 Å². The highest BCUT2D eigenvalue weighted by molar-refractivity contribution is 8.26. The minimum atomic E-state index is -0.754. The molecular formula is C21H18N4O7S2. The van der Waals surface area contributed by atoms with E-state index in [0.29, 0.717) is 22.0 Å². The predicted molar refractivity (Wildman–Crippen MR) is 128 cm³/mol. The van der Waals surface area contributed by atoms with E-state index in [2.05, 4.69) is 10.9 Å². The van der Waals surface area contributed by atoms with E-state index in [0.717, 1.165) is 22.7 Å². The van der Waals surface area contributed by atoms with Gasteiger partial charge in [0, 0.05) is 17.7 Å². The van der Waals surface area contributed by atoms with Crippen LogP contribution in [-0.4, -0.2) is 52.6 Å². The summed E-state index contributed by atoms with van der Waals surface area (Å²) >= 11 is 6.25. The maximum absolute atomic E-state index is 12.8. The summed E-state index contributed by atoms with van der Waals surface area (Å²) in [7, 11) is 3.01. The number of rotatable bonds is 7. The Morgan fingerprint density at radius 3 is 2.56 bits per heavy atom. The van der Waals surface area contributed by atoms with E-state index in [1.165, 1.54) is 32.4 Å². The molecule has 0 radical (unpaired) electrons. The first-order valence-corrected chi connectivity index (χ1v) is 10.8. The third-order valence-corrected chi connectivity index (χ3v) is 5.89. The van der Waals surface area contributed by atoms with Crippen LogP contribution in [0.25, 0.3) is 6.08 Å². The molecule has 0 bridgehead atoms. The standard InChI is InChI=1S/C21H18N4O7S2/c1-31-15-7-6-12(8-16(15)32-2)9-17-20(28)24(21(33)34-17)11-18(26)22-23-19(27)13-4-3-5-14(10-13)25(29)30/h3-10H,11H2,1-2H3,(H,22,26)(H,23,27)/b17-9-. The molecule has 2 N–H and O–H groups in total. The summed E-state index contributed by atoms with van der Waals surface area (Å²) in [4.78, 5) is 48.8. The molecule has 0 unspecified atom stereocenters. The van der Waals surface area contributed by atoms with Crippen LogP contribution in [0.15, 0.2) is 47.4 Å². The highest BCUT2D eigenvalue weighted by Crippen LogP contribution is 2.34. The number of hydrogen-bond acceptors (Lipinski definition) is 9. The molecular weight excluding hydrogens is 484 g/mol. The van der Waals surface area contributed by atoms with Crippen molar-refractivity contribution < 1.29 is 28.8 Å². The summed E-state index contributed by atoms with van der Waals surface area (Å²) in [5.41, 5.74) is 4.71. The second-order valence-electron chi connectivity index (χ2n) is 6.69. The molecule has 176 valence electrons. The van der Waals surface area contributed by atoms with Crippen molar-refractivity contribution in [1.29, 1.82) is 0 Å². The summed E-state index contributed by atoms with van der Waals surface area (Å²) in [6, 6.07) is 10.1. The van der Waals surface area contributed by atoms with Crippen molar-refractivity contribution in [3.8, 4) is 11.5 Å².